The summed E-state index contributed by atoms with van der Waals surface area (Å²) in [6, 6.07) is 15.4. The van der Waals surface area contributed by atoms with Crippen molar-refractivity contribution in [1.29, 1.82) is 0 Å². The number of hydrogen-bond donors (Lipinski definition) is 2. The number of rotatable bonds is 7. The molecule has 0 heterocycles. The molecule has 2 aliphatic carbocycles. The molecule has 170 valence electrons. The van der Waals surface area contributed by atoms with E-state index >= 15 is 0 Å². The van der Waals surface area contributed by atoms with Crippen LogP contribution in [-0.4, -0.2) is 29.8 Å². The number of carbonyl (C=O) groups is 2. The Bertz CT molecular complexity index is 916. The van der Waals surface area contributed by atoms with Crippen LogP contribution in [0.5, 0.6) is 0 Å². The molecule has 0 aromatic heterocycles. The largest absolute Gasteiger partial charge is 0.480 e. The molecule has 2 aromatic carbocycles. The van der Waals surface area contributed by atoms with E-state index in [9.17, 15) is 14.7 Å². The second-order valence-electron chi connectivity index (χ2n) is 9.62. The minimum atomic E-state index is -0.996. The van der Waals surface area contributed by atoms with Crippen LogP contribution >= 0.6 is 0 Å². The van der Waals surface area contributed by atoms with Crippen molar-refractivity contribution < 1.29 is 19.4 Å². The fraction of sp³-hybridized carbons (Fsp3) is 0.481. The van der Waals surface area contributed by atoms with Crippen molar-refractivity contribution in [3.05, 3.63) is 59.7 Å². The zero-order valence-electron chi connectivity index (χ0n) is 18.9. The first-order chi connectivity index (χ1) is 15.4. The number of carboxylic acids is 1. The molecule has 32 heavy (non-hydrogen) atoms. The van der Waals surface area contributed by atoms with E-state index in [1.807, 2.05) is 24.3 Å². The Kier molecular flexibility index (Phi) is 6.83. The quantitative estimate of drug-likeness (QED) is 0.574. The minimum Gasteiger partial charge on any atom is -0.480 e. The summed E-state index contributed by atoms with van der Waals surface area (Å²) >= 11 is 0. The van der Waals surface area contributed by atoms with Gasteiger partial charge in [-0.05, 0) is 59.3 Å². The second kappa shape index (κ2) is 9.76. The lowest BCUT2D eigenvalue weighted by Crippen LogP contribution is -2.43. The van der Waals surface area contributed by atoms with Crippen molar-refractivity contribution in [2.24, 2.45) is 17.8 Å². The molecule has 0 saturated heterocycles. The average Bonchev–Trinajstić information content (AvgIpc) is 3.11. The lowest BCUT2D eigenvalue weighted by atomic mass is 9.75. The van der Waals surface area contributed by atoms with Gasteiger partial charge in [0.2, 0.25) is 0 Å². The highest BCUT2D eigenvalue weighted by Gasteiger charge is 2.31. The third-order valence-electron chi connectivity index (χ3n) is 7.34. The smallest absolute Gasteiger partial charge is 0.407 e. The van der Waals surface area contributed by atoms with Crippen molar-refractivity contribution in [1.82, 2.24) is 5.32 Å². The Hall–Kier alpha value is -2.82. The summed E-state index contributed by atoms with van der Waals surface area (Å²) in [4.78, 5) is 24.3. The first-order valence-electron chi connectivity index (χ1n) is 11.8. The van der Waals surface area contributed by atoms with Gasteiger partial charge in [0.25, 0.3) is 0 Å². The van der Waals surface area contributed by atoms with Gasteiger partial charge < -0.3 is 15.2 Å². The van der Waals surface area contributed by atoms with Crippen LogP contribution < -0.4 is 5.32 Å². The molecule has 5 nitrogen and oxygen atoms in total. The molecule has 2 aromatic rings. The summed E-state index contributed by atoms with van der Waals surface area (Å²) in [5.41, 5.74) is 4.60. The van der Waals surface area contributed by atoms with Crippen LogP contribution in [0.4, 0.5) is 4.79 Å². The van der Waals surface area contributed by atoms with Crippen molar-refractivity contribution in [2.45, 2.75) is 57.9 Å². The van der Waals surface area contributed by atoms with E-state index in [-0.39, 0.29) is 12.5 Å². The molecule has 5 heteroatoms. The molecule has 0 bridgehead atoms. The van der Waals surface area contributed by atoms with Gasteiger partial charge in [-0.25, -0.2) is 9.59 Å². The summed E-state index contributed by atoms with van der Waals surface area (Å²) < 4.78 is 5.54. The molecular weight excluding hydrogens is 402 g/mol. The highest BCUT2D eigenvalue weighted by Crippen LogP contribution is 2.44. The van der Waals surface area contributed by atoms with Gasteiger partial charge in [-0.15, -0.1) is 0 Å². The Labute approximate surface area is 190 Å². The molecule has 1 saturated carbocycles. The van der Waals surface area contributed by atoms with Crippen LogP contribution in [0.3, 0.4) is 0 Å². The van der Waals surface area contributed by atoms with E-state index in [2.05, 4.69) is 43.4 Å². The van der Waals surface area contributed by atoms with Gasteiger partial charge in [0.15, 0.2) is 0 Å². The first-order valence-corrected chi connectivity index (χ1v) is 11.8. The average molecular weight is 436 g/mol. The fourth-order valence-corrected chi connectivity index (χ4v) is 5.43. The number of hydrogen-bond acceptors (Lipinski definition) is 3. The van der Waals surface area contributed by atoms with Crippen LogP contribution in [0.2, 0.25) is 0 Å². The molecule has 1 fully saturated rings. The van der Waals surface area contributed by atoms with Crippen molar-refractivity contribution in [3.8, 4) is 11.1 Å². The number of aliphatic carboxylic acids is 1. The van der Waals surface area contributed by atoms with Gasteiger partial charge in [-0.1, -0.05) is 75.2 Å². The van der Waals surface area contributed by atoms with Crippen molar-refractivity contribution in [2.75, 3.05) is 6.61 Å². The third-order valence-corrected chi connectivity index (χ3v) is 7.34. The number of carboxylic acid groups (broad SMARTS) is 1. The minimum absolute atomic E-state index is 0.0391. The maximum absolute atomic E-state index is 12.5. The number of fused-ring (bicyclic) bond motifs is 3. The molecule has 1 atom stereocenters. The second-order valence-corrected chi connectivity index (χ2v) is 9.62. The number of nitrogens with one attached hydrogen (secondary N) is 1. The van der Waals surface area contributed by atoms with Crippen LogP contribution in [0, 0.1) is 17.8 Å². The number of benzene rings is 2. The first kappa shape index (κ1) is 22.4. The molecule has 0 spiro atoms. The molecule has 2 N–H and O–H groups in total. The fourth-order valence-electron chi connectivity index (χ4n) is 5.43. The normalized spacial score (nSPS) is 21.0. The van der Waals surface area contributed by atoms with Crippen LogP contribution in [0.25, 0.3) is 11.1 Å². The Morgan fingerprint density at radius 1 is 0.969 bits per heavy atom. The van der Waals surface area contributed by atoms with Gasteiger partial charge in [-0.2, -0.15) is 0 Å². The number of ether oxygens (including phenoxy) is 1. The van der Waals surface area contributed by atoms with E-state index in [1.165, 1.54) is 0 Å². The van der Waals surface area contributed by atoms with Crippen molar-refractivity contribution in [3.63, 3.8) is 0 Å². The van der Waals surface area contributed by atoms with E-state index < -0.39 is 18.1 Å². The molecule has 4 rings (SSSR count). The highest BCUT2D eigenvalue weighted by molar-refractivity contribution is 5.81. The molecule has 1 amide bonds. The Morgan fingerprint density at radius 2 is 1.53 bits per heavy atom. The molecule has 0 radical (unpaired) electrons. The predicted octanol–water partition coefficient (Wildman–Crippen LogP) is 5.83. The van der Waals surface area contributed by atoms with E-state index in [1.54, 1.807) is 0 Å². The molecule has 0 aliphatic heterocycles. The van der Waals surface area contributed by atoms with E-state index in [0.717, 1.165) is 53.9 Å². The number of alkyl carbamates (subject to hydrolysis) is 1. The lowest BCUT2D eigenvalue weighted by Gasteiger charge is -2.32. The zero-order valence-corrected chi connectivity index (χ0v) is 18.9. The van der Waals surface area contributed by atoms with E-state index in [4.69, 9.17) is 4.74 Å². The number of carbonyl (C=O) groups excluding carboxylic acids is 1. The number of amides is 1. The zero-order chi connectivity index (χ0) is 22.7. The van der Waals surface area contributed by atoms with Crippen LogP contribution in [0.15, 0.2) is 48.5 Å². The van der Waals surface area contributed by atoms with Gasteiger partial charge in [0.05, 0.1) is 0 Å². The summed E-state index contributed by atoms with van der Waals surface area (Å²) in [5.74, 6) is 0.696. The summed E-state index contributed by atoms with van der Waals surface area (Å²) in [7, 11) is 0. The predicted molar refractivity (Wildman–Crippen MR) is 125 cm³/mol. The third kappa shape index (κ3) is 4.82. The monoisotopic (exact) mass is 435 g/mol. The SMILES string of the molecule is CC(C)C1CCC(CC(NC(=O)OCC2c3ccccc3-c3ccccc32)C(=O)O)CC1. The van der Waals surface area contributed by atoms with Gasteiger partial charge in [-0.3, -0.25) is 0 Å². The highest BCUT2D eigenvalue weighted by atomic mass is 16.5. The topological polar surface area (TPSA) is 75.6 Å². The summed E-state index contributed by atoms with van der Waals surface area (Å²) in [6.45, 7) is 4.69. The molecule has 1 unspecified atom stereocenters. The van der Waals surface area contributed by atoms with Gasteiger partial charge in [0, 0.05) is 5.92 Å². The maximum Gasteiger partial charge on any atom is 0.407 e. The Morgan fingerprint density at radius 3 is 2.06 bits per heavy atom. The molecular formula is C27H33NO4. The maximum atomic E-state index is 12.5. The lowest BCUT2D eigenvalue weighted by molar-refractivity contribution is -0.140. The van der Waals surface area contributed by atoms with Gasteiger partial charge >= 0.3 is 12.1 Å². The van der Waals surface area contributed by atoms with Crippen LogP contribution in [0.1, 0.15) is 63.0 Å². The van der Waals surface area contributed by atoms with Crippen LogP contribution in [-0.2, 0) is 9.53 Å². The van der Waals surface area contributed by atoms with Gasteiger partial charge in [0.1, 0.15) is 12.6 Å². The van der Waals surface area contributed by atoms with E-state index in [0.29, 0.717) is 18.3 Å². The standard InChI is InChI=1S/C27H33NO4/c1-17(2)19-13-11-18(12-14-19)15-25(26(29)30)28-27(31)32-16-24-22-9-5-3-7-20(22)21-8-4-6-10-23(21)24/h3-10,17-19,24-25H,11-16H2,1-2H3,(H,28,31)(H,29,30). The summed E-state index contributed by atoms with van der Waals surface area (Å²) in [5, 5.41) is 12.3. The molecule has 2 aliphatic rings. The van der Waals surface area contributed by atoms with Crippen molar-refractivity contribution >= 4 is 12.1 Å². The Balaban J connectivity index is 1.34. The summed E-state index contributed by atoms with van der Waals surface area (Å²) in [6.07, 6.45) is 4.14.